The Hall–Kier alpha value is -1.53. The van der Waals surface area contributed by atoms with Gasteiger partial charge in [0.25, 0.3) is 5.91 Å². The summed E-state index contributed by atoms with van der Waals surface area (Å²) in [4.78, 5) is 12.1. The maximum absolute atomic E-state index is 12.1. The predicted octanol–water partition coefficient (Wildman–Crippen LogP) is 3.98. The third kappa shape index (κ3) is 3.32. The van der Waals surface area contributed by atoms with Gasteiger partial charge in [-0.3, -0.25) is 15.6 Å². The summed E-state index contributed by atoms with van der Waals surface area (Å²) in [6, 6.07) is 12.7. The van der Waals surface area contributed by atoms with E-state index in [-0.39, 0.29) is 5.91 Å². The van der Waals surface area contributed by atoms with Crippen LogP contribution in [0.25, 0.3) is 0 Å². The smallest absolute Gasteiger partial charge is 0.273 e. The largest absolute Gasteiger partial charge is 0.496 e. The molecule has 2 rings (SSSR count). The van der Waals surface area contributed by atoms with Crippen molar-refractivity contribution in [2.24, 2.45) is 0 Å². The zero-order valence-electron chi connectivity index (χ0n) is 10.6. The van der Waals surface area contributed by atoms with E-state index in [4.69, 9.17) is 4.74 Å². The molecule has 1 amide bonds. The van der Waals surface area contributed by atoms with Gasteiger partial charge in [-0.15, -0.1) is 0 Å². The van der Waals surface area contributed by atoms with Crippen molar-refractivity contribution in [3.63, 3.8) is 0 Å². The van der Waals surface area contributed by atoms with Crippen LogP contribution in [-0.2, 0) is 0 Å². The molecule has 0 aromatic heterocycles. The molecule has 0 aliphatic rings. The fourth-order valence-electron chi connectivity index (χ4n) is 1.64. The third-order valence-corrected chi connectivity index (χ3v) is 3.94. The number of anilines is 1. The van der Waals surface area contributed by atoms with E-state index in [1.54, 1.807) is 18.2 Å². The summed E-state index contributed by atoms with van der Waals surface area (Å²) < 4.78 is 6.84. The molecule has 4 nitrogen and oxygen atoms in total. The van der Waals surface area contributed by atoms with Gasteiger partial charge in [-0.25, -0.2) is 0 Å². The molecule has 104 valence electrons. The van der Waals surface area contributed by atoms with Crippen molar-refractivity contribution in [1.82, 2.24) is 5.43 Å². The Labute approximate surface area is 133 Å². The molecule has 2 N–H and O–H groups in total. The lowest BCUT2D eigenvalue weighted by Crippen LogP contribution is -2.30. The highest BCUT2D eigenvalue weighted by Gasteiger charge is 2.12. The topological polar surface area (TPSA) is 50.4 Å². The van der Waals surface area contributed by atoms with Gasteiger partial charge in [-0.1, -0.05) is 18.2 Å². The molecule has 0 saturated carbocycles. The van der Waals surface area contributed by atoms with Crippen molar-refractivity contribution < 1.29 is 9.53 Å². The zero-order chi connectivity index (χ0) is 14.5. The Morgan fingerprint density at radius 1 is 1.05 bits per heavy atom. The maximum Gasteiger partial charge on any atom is 0.273 e. The van der Waals surface area contributed by atoms with Crippen LogP contribution in [0.2, 0.25) is 0 Å². The van der Waals surface area contributed by atoms with E-state index in [1.807, 2.05) is 24.3 Å². The summed E-state index contributed by atoms with van der Waals surface area (Å²) in [7, 11) is 1.53. The first-order chi connectivity index (χ1) is 9.63. The van der Waals surface area contributed by atoms with Crippen LogP contribution < -0.4 is 15.6 Å². The number of nitrogens with one attached hydrogen (secondary N) is 2. The quantitative estimate of drug-likeness (QED) is 0.764. The maximum atomic E-state index is 12.1. The number of carbonyl (C=O) groups excluding carboxylic acids is 1. The monoisotopic (exact) mass is 398 g/mol. The van der Waals surface area contributed by atoms with E-state index in [2.05, 4.69) is 42.7 Å². The van der Waals surface area contributed by atoms with Crippen molar-refractivity contribution in [3.05, 3.63) is 57.0 Å². The number of hydrazine groups is 1. The third-order valence-electron chi connectivity index (χ3n) is 2.62. The number of carbonyl (C=O) groups is 1. The first-order valence-electron chi connectivity index (χ1n) is 5.77. The van der Waals surface area contributed by atoms with Crippen LogP contribution in [0.4, 0.5) is 5.69 Å². The molecule has 0 heterocycles. The minimum Gasteiger partial charge on any atom is -0.496 e. The van der Waals surface area contributed by atoms with Gasteiger partial charge in [0.05, 0.1) is 18.4 Å². The molecule has 0 bridgehead atoms. The number of methoxy groups -OCH3 is 1. The van der Waals surface area contributed by atoms with E-state index < -0.39 is 0 Å². The molecule has 0 radical (unpaired) electrons. The highest BCUT2D eigenvalue weighted by atomic mass is 79.9. The minimum absolute atomic E-state index is 0.273. The van der Waals surface area contributed by atoms with Crippen molar-refractivity contribution >= 4 is 43.5 Å². The van der Waals surface area contributed by atoms with Crippen molar-refractivity contribution in [2.45, 2.75) is 0 Å². The molecular weight excluding hydrogens is 388 g/mol. The molecule has 0 aliphatic carbocycles. The summed E-state index contributed by atoms with van der Waals surface area (Å²) >= 11 is 6.83. The van der Waals surface area contributed by atoms with Crippen LogP contribution in [0.15, 0.2) is 51.4 Å². The number of halogens is 2. The fraction of sp³-hybridized carbons (Fsp3) is 0.0714. The van der Waals surface area contributed by atoms with E-state index in [9.17, 15) is 4.79 Å². The molecule has 0 atom stereocenters. The summed E-state index contributed by atoms with van der Waals surface area (Å²) in [5.74, 6) is 0.253. The van der Waals surface area contributed by atoms with Crippen LogP contribution >= 0.6 is 31.9 Å². The number of amides is 1. The Balaban J connectivity index is 2.13. The van der Waals surface area contributed by atoms with E-state index in [1.165, 1.54) is 7.11 Å². The summed E-state index contributed by atoms with van der Waals surface area (Å²) in [5.41, 5.74) is 6.73. The summed E-state index contributed by atoms with van der Waals surface area (Å²) in [5, 5.41) is 0. The van der Waals surface area contributed by atoms with E-state index >= 15 is 0 Å². The molecule has 2 aromatic rings. The zero-order valence-corrected chi connectivity index (χ0v) is 13.8. The molecule has 0 spiro atoms. The first-order valence-corrected chi connectivity index (χ1v) is 7.35. The van der Waals surface area contributed by atoms with Gasteiger partial charge in [0.1, 0.15) is 5.75 Å². The number of hydrogen-bond donors (Lipinski definition) is 2. The Morgan fingerprint density at radius 2 is 1.70 bits per heavy atom. The van der Waals surface area contributed by atoms with Gasteiger partial charge in [-0.05, 0) is 56.1 Å². The summed E-state index contributed by atoms with van der Waals surface area (Å²) in [6.07, 6.45) is 0. The van der Waals surface area contributed by atoms with Gasteiger partial charge in [-0.2, -0.15) is 0 Å². The fourth-order valence-corrected chi connectivity index (χ4v) is 2.83. The second kappa shape index (κ2) is 6.76. The number of benzene rings is 2. The molecule has 0 aliphatic heterocycles. The molecule has 0 saturated heterocycles. The van der Waals surface area contributed by atoms with Gasteiger partial charge >= 0.3 is 0 Å². The highest BCUT2D eigenvalue weighted by molar-refractivity contribution is 9.11. The molecular formula is C14H12Br2N2O2. The molecule has 20 heavy (non-hydrogen) atoms. The number of hydrogen-bond acceptors (Lipinski definition) is 3. The Morgan fingerprint density at radius 3 is 2.35 bits per heavy atom. The molecule has 0 fully saturated rings. The van der Waals surface area contributed by atoms with E-state index in [0.29, 0.717) is 11.3 Å². The second-order valence-corrected chi connectivity index (χ2v) is 5.58. The first kappa shape index (κ1) is 14.9. The standard InChI is InChI=1S/C14H12Br2N2O2/c1-20-12-8-3-2-5-9(12)14(19)18-17-13-10(15)6-4-7-11(13)16/h2-8,17H,1H3,(H,18,19). The average molecular weight is 400 g/mol. The van der Waals surface area contributed by atoms with Crippen molar-refractivity contribution in [1.29, 1.82) is 0 Å². The van der Waals surface area contributed by atoms with Gasteiger partial charge in [0, 0.05) is 8.95 Å². The average Bonchev–Trinajstić information content (AvgIpc) is 2.46. The number of ether oxygens (including phenoxy) is 1. The van der Waals surface area contributed by atoms with Crippen LogP contribution in [0.5, 0.6) is 5.75 Å². The van der Waals surface area contributed by atoms with Gasteiger partial charge in [0.2, 0.25) is 0 Å². The lowest BCUT2D eigenvalue weighted by molar-refractivity contribution is 0.0959. The molecule has 2 aromatic carbocycles. The number of rotatable bonds is 4. The number of para-hydroxylation sites is 2. The predicted molar refractivity (Wildman–Crippen MR) is 85.9 cm³/mol. The van der Waals surface area contributed by atoms with Gasteiger partial charge in [0.15, 0.2) is 0 Å². The van der Waals surface area contributed by atoms with Crippen LogP contribution in [0.3, 0.4) is 0 Å². The summed E-state index contributed by atoms with van der Waals surface area (Å²) in [6.45, 7) is 0. The SMILES string of the molecule is COc1ccccc1C(=O)NNc1c(Br)cccc1Br. The second-order valence-electron chi connectivity index (χ2n) is 3.88. The molecule has 0 unspecified atom stereocenters. The Bertz CT molecular complexity index is 612. The molecule has 6 heteroatoms. The van der Waals surface area contributed by atoms with Crippen LogP contribution in [0.1, 0.15) is 10.4 Å². The van der Waals surface area contributed by atoms with Crippen molar-refractivity contribution in [3.8, 4) is 5.75 Å². The van der Waals surface area contributed by atoms with Gasteiger partial charge < -0.3 is 4.74 Å². The highest BCUT2D eigenvalue weighted by Crippen LogP contribution is 2.29. The Kier molecular flexibility index (Phi) is 5.03. The minimum atomic E-state index is -0.273. The lowest BCUT2D eigenvalue weighted by Gasteiger charge is -2.13. The van der Waals surface area contributed by atoms with Crippen molar-refractivity contribution in [2.75, 3.05) is 12.5 Å². The van der Waals surface area contributed by atoms with E-state index in [0.717, 1.165) is 14.6 Å². The van der Waals surface area contributed by atoms with Crippen LogP contribution in [-0.4, -0.2) is 13.0 Å². The van der Waals surface area contributed by atoms with Crippen LogP contribution in [0, 0.1) is 0 Å². The normalized spacial score (nSPS) is 9.95. The lowest BCUT2D eigenvalue weighted by atomic mass is 10.2.